The zero-order valence-electron chi connectivity index (χ0n) is 29.8. The van der Waals surface area contributed by atoms with E-state index in [1.165, 1.54) is 27.4 Å². The second kappa shape index (κ2) is 11.9. The molecule has 246 valence electrons. The van der Waals surface area contributed by atoms with Gasteiger partial charge in [-0.05, 0) is 75.5 Å². The molecule has 0 fully saturated rings. The number of fused-ring (bicyclic) bond motifs is 3. The molecule has 0 saturated heterocycles. The summed E-state index contributed by atoms with van der Waals surface area (Å²) in [4.78, 5) is 10.5. The number of aromatic nitrogens is 3. The van der Waals surface area contributed by atoms with Crippen LogP contribution in [-0.2, 0) is 10.8 Å². The zero-order chi connectivity index (χ0) is 34.7. The van der Waals surface area contributed by atoms with Gasteiger partial charge in [0.25, 0.3) is 0 Å². The molecule has 5 heteroatoms. The van der Waals surface area contributed by atoms with Gasteiger partial charge in [0.1, 0.15) is 19.5 Å². The third-order valence-corrected chi connectivity index (χ3v) is 13.2. The highest BCUT2D eigenvalue weighted by molar-refractivity contribution is 7.00. The van der Waals surface area contributed by atoms with Crippen LogP contribution in [-0.4, -0.2) is 27.7 Å². The zero-order valence-corrected chi connectivity index (χ0v) is 30.8. The molecule has 49 heavy (non-hydrogen) atoms. The molecule has 3 aromatic heterocycles. The van der Waals surface area contributed by atoms with Crippen LogP contribution in [0.15, 0.2) is 121 Å². The highest BCUT2D eigenvalue weighted by atomic mass is 28.3. The largest absolute Gasteiger partial charge is 0.506 e. The van der Waals surface area contributed by atoms with Crippen LogP contribution in [0.1, 0.15) is 52.7 Å². The summed E-state index contributed by atoms with van der Waals surface area (Å²) in [7, 11) is -2.20. The number of pyridine rings is 2. The molecule has 0 saturated carbocycles. The average molecular weight is 660 g/mol. The molecule has 7 rings (SSSR count). The van der Waals surface area contributed by atoms with Crippen molar-refractivity contribution in [2.45, 2.75) is 65.5 Å². The van der Waals surface area contributed by atoms with Gasteiger partial charge in [-0.15, -0.1) is 0 Å². The quantitative estimate of drug-likeness (QED) is 0.187. The highest BCUT2D eigenvalue weighted by Gasteiger charge is 2.30. The minimum absolute atomic E-state index is 0.00960. The van der Waals surface area contributed by atoms with Gasteiger partial charge < -0.3 is 5.11 Å². The molecular formula is C44H45N3OSi. The fraction of sp³-hybridized carbons (Fsp3) is 0.227. The van der Waals surface area contributed by atoms with Gasteiger partial charge in [0.15, 0.2) is 0 Å². The van der Waals surface area contributed by atoms with Gasteiger partial charge in [0.05, 0.1) is 16.9 Å². The maximum atomic E-state index is 11.1. The molecule has 3 heterocycles. The SMILES string of the molecule is CC(C)(C)c1ccc2c(c1)c1cc(C(C)(C)C)c(-c3cccc([Si](C)(C)c4cc(-c5ccccc5)ccn4)c3)nc1n2-c1ccccc1O. The molecular weight excluding hydrogens is 615 g/mol. The molecule has 4 nitrogen and oxygen atoms in total. The lowest BCUT2D eigenvalue weighted by molar-refractivity contribution is 0.473. The smallest absolute Gasteiger partial charge is 0.146 e. The van der Waals surface area contributed by atoms with Crippen LogP contribution in [0.25, 0.3) is 50.0 Å². The van der Waals surface area contributed by atoms with Crippen molar-refractivity contribution < 1.29 is 5.11 Å². The van der Waals surface area contributed by atoms with E-state index in [0.717, 1.165) is 44.2 Å². The van der Waals surface area contributed by atoms with E-state index in [-0.39, 0.29) is 16.6 Å². The molecule has 1 N–H and O–H groups in total. The molecule has 0 unspecified atom stereocenters. The first-order valence-electron chi connectivity index (χ1n) is 17.1. The number of nitrogens with zero attached hydrogens (tertiary/aromatic N) is 3. The standard InChI is InChI=1S/C44H45N3OSi/c1-43(2,3)32-21-22-37-34(27-32)35-28-36(44(4,5)6)41(46-42(35)47(37)38-19-12-13-20-39(38)48)31-17-14-18-33(25-31)49(7,8)40-26-30(23-24-45-40)29-15-10-9-11-16-29/h9-28,48H,1-8H3. The summed E-state index contributed by atoms with van der Waals surface area (Å²) in [6, 6.07) is 40.5. The molecule has 0 aliphatic carbocycles. The molecule has 0 radical (unpaired) electrons. The molecule has 4 aromatic carbocycles. The van der Waals surface area contributed by atoms with Crippen LogP contribution in [0.4, 0.5) is 0 Å². The Morgan fingerprint density at radius 3 is 2.06 bits per heavy atom. The lowest BCUT2D eigenvalue weighted by Crippen LogP contribution is -2.54. The highest BCUT2D eigenvalue weighted by Crippen LogP contribution is 2.41. The molecule has 0 atom stereocenters. The minimum atomic E-state index is -2.20. The van der Waals surface area contributed by atoms with E-state index in [1.54, 1.807) is 6.07 Å². The van der Waals surface area contributed by atoms with Gasteiger partial charge >= 0.3 is 0 Å². The average Bonchev–Trinajstić information content (AvgIpc) is 3.40. The monoisotopic (exact) mass is 659 g/mol. The van der Waals surface area contributed by atoms with Crippen molar-refractivity contribution in [3.05, 3.63) is 133 Å². The van der Waals surface area contributed by atoms with Crippen LogP contribution < -0.4 is 10.5 Å². The van der Waals surface area contributed by atoms with Crippen molar-refractivity contribution in [1.29, 1.82) is 0 Å². The van der Waals surface area contributed by atoms with E-state index in [2.05, 4.69) is 150 Å². The number of hydrogen-bond donors (Lipinski definition) is 1. The first-order chi connectivity index (χ1) is 23.2. The molecule has 7 aromatic rings. The van der Waals surface area contributed by atoms with Crippen molar-refractivity contribution in [2.24, 2.45) is 0 Å². The Balaban J connectivity index is 1.46. The third-order valence-electron chi connectivity index (χ3n) is 9.90. The maximum absolute atomic E-state index is 11.1. The molecule has 0 bridgehead atoms. The van der Waals surface area contributed by atoms with Crippen LogP contribution in [0.3, 0.4) is 0 Å². The second-order valence-corrected chi connectivity index (χ2v) is 20.2. The first kappa shape index (κ1) is 32.5. The summed E-state index contributed by atoms with van der Waals surface area (Å²) in [5, 5.41) is 15.8. The number of rotatable bonds is 5. The number of para-hydroxylation sites is 2. The maximum Gasteiger partial charge on any atom is 0.146 e. The minimum Gasteiger partial charge on any atom is -0.506 e. The molecule has 0 aliphatic heterocycles. The van der Waals surface area contributed by atoms with Crippen LogP contribution >= 0.6 is 0 Å². The third kappa shape index (κ3) is 5.87. The van der Waals surface area contributed by atoms with Crippen molar-refractivity contribution in [2.75, 3.05) is 0 Å². The van der Waals surface area contributed by atoms with E-state index in [1.807, 2.05) is 24.4 Å². The Kier molecular flexibility index (Phi) is 7.87. The Hall–Kier alpha value is -5.00. The van der Waals surface area contributed by atoms with E-state index in [9.17, 15) is 5.11 Å². The van der Waals surface area contributed by atoms with Crippen LogP contribution in [0, 0.1) is 0 Å². The van der Waals surface area contributed by atoms with Gasteiger partial charge in [0.2, 0.25) is 0 Å². The van der Waals surface area contributed by atoms with Gasteiger partial charge in [0, 0.05) is 27.8 Å². The molecule has 0 amide bonds. The Bertz CT molecular complexity index is 2340. The van der Waals surface area contributed by atoms with Gasteiger partial charge in [-0.3, -0.25) is 9.55 Å². The van der Waals surface area contributed by atoms with E-state index < -0.39 is 8.07 Å². The van der Waals surface area contributed by atoms with E-state index in [0.29, 0.717) is 0 Å². The van der Waals surface area contributed by atoms with Gasteiger partial charge in [-0.1, -0.05) is 133 Å². The predicted molar refractivity (Wildman–Crippen MR) is 209 cm³/mol. The van der Waals surface area contributed by atoms with Gasteiger partial charge in [-0.2, -0.15) is 0 Å². The molecule has 0 spiro atoms. The van der Waals surface area contributed by atoms with Crippen LogP contribution in [0.5, 0.6) is 5.75 Å². The van der Waals surface area contributed by atoms with Crippen LogP contribution in [0.2, 0.25) is 13.1 Å². The summed E-state index contributed by atoms with van der Waals surface area (Å²) in [6.07, 6.45) is 1.95. The Labute approximate surface area is 291 Å². The number of hydrogen-bond acceptors (Lipinski definition) is 3. The number of aromatic hydroxyl groups is 1. The fourth-order valence-corrected chi connectivity index (χ4v) is 9.11. The number of benzene rings is 4. The lowest BCUT2D eigenvalue weighted by atomic mass is 9.83. The summed E-state index contributed by atoms with van der Waals surface area (Å²) in [5.74, 6) is 0.226. The fourth-order valence-electron chi connectivity index (χ4n) is 6.87. The topological polar surface area (TPSA) is 50.9 Å². The molecule has 0 aliphatic rings. The van der Waals surface area contributed by atoms with E-state index in [4.69, 9.17) is 9.97 Å². The lowest BCUT2D eigenvalue weighted by Gasteiger charge is -2.26. The first-order valence-corrected chi connectivity index (χ1v) is 20.1. The van der Waals surface area contributed by atoms with Crippen molar-refractivity contribution in [3.8, 4) is 33.8 Å². The Morgan fingerprint density at radius 1 is 0.633 bits per heavy atom. The normalized spacial score (nSPS) is 12.6. The predicted octanol–water partition coefficient (Wildman–Crippen LogP) is 10.0. The van der Waals surface area contributed by atoms with Crippen molar-refractivity contribution in [3.63, 3.8) is 0 Å². The van der Waals surface area contributed by atoms with Crippen molar-refractivity contribution >= 4 is 40.5 Å². The second-order valence-electron chi connectivity index (χ2n) is 15.8. The van der Waals surface area contributed by atoms with E-state index >= 15 is 0 Å². The summed E-state index contributed by atoms with van der Waals surface area (Å²) >= 11 is 0. The summed E-state index contributed by atoms with van der Waals surface area (Å²) in [5.41, 5.74) is 9.32. The number of phenolic OH excluding ortho intramolecular Hbond substituents is 1. The summed E-state index contributed by atoms with van der Waals surface area (Å²) in [6.45, 7) is 18.3. The Morgan fingerprint density at radius 2 is 1.35 bits per heavy atom. The van der Waals surface area contributed by atoms with Crippen molar-refractivity contribution in [1.82, 2.24) is 14.5 Å². The van der Waals surface area contributed by atoms with Gasteiger partial charge in [-0.25, -0.2) is 4.98 Å². The number of phenols is 1. The summed E-state index contributed by atoms with van der Waals surface area (Å²) < 4.78 is 2.13.